The van der Waals surface area contributed by atoms with Crippen LogP contribution in [0, 0.1) is 11.8 Å². The van der Waals surface area contributed by atoms with Gasteiger partial charge in [-0.25, -0.2) is 4.68 Å². The zero-order valence-electron chi connectivity index (χ0n) is 16.0. The molecule has 0 spiro atoms. The number of hydrogen-bond donors (Lipinski definition) is 2. The molecule has 0 atom stereocenters. The van der Waals surface area contributed by atoms with Crippen molar-refractivity contribution in [2.45, 2.75) is 12.8 Å². The van der Waals surface area contributed by atoms with Gasteiger partial charge in [0.1, 0.15) is 5.52 Å². The van der Waals surface area contributed by atoms with Gasteiger partial charge in [0.05, 0.1) is 17.6 Å². The molecule has 3 rings (SSSR count). The van der Waals surface area contributed by atoms with E-state index in [0.29, 0.717) is 35.2 Å². The number of amides is 2. The first-order valence-electron chi connectivity index (χ1n) is 9.09. The third kappa shape index (κ3) is 4.59. The van der Waals surface area contributed by atoms with Crippen LogP contribution in [0.15, 0.2) is 42.6 Å². The molecule has 0 radical (unpaired) electrons. The maximum atomic E-state index is 12.0. The van der Waals surface area contributed by atoms with Crippen molar-refractivity contribution in [1.82, 2.24) is 19.7 Å². The Morgan fingerprint density at radius 3 is 2.86 bits per heavy atom. The Bertz CT molecular complexity index is 1110. The van der Waals surface area contributed by atoms with Crippen LogP contribution < -0.4 is 5.73 Å². The van der Waals surface area contributed by atoms with Crippen molar-refractivity contribution in [2.75, 3.05) is 20.2 Å². The van der Waals surface area contributed by atoms with Crippen LogP contribution in [0.2, 0.25) is 0 Å². The Hall–Kier alpha value is -3.70. The molecule has 0 bridgehead atoms. The van der Waals surface area contributed by atoms with Crippen molar-refractivity contribution < 1.29 is 14.7 Å². The van der Waals surface area contributed by atoms with Gasteiger partial charge in [0, 0.05) is 32.0 Å². The summed E-state index contributed by atoms with van der Waals surface area (Å²) >= 11 is 0. The summed E-state index contributed by atoms with van der Waals surface area (Å²) in [6.07, 6.45) is 2.21. The predicted octanol–water partition coefficient (Wildman–Crippen LogP) is 1.10. The number of pyridine rings is 1. The van der Waals surface area contributed by atoms with Crippen molar-refractivity contribution >= 4 is 22.8 Å². The summed E-state index contributed by atoms with van der Waals surface area (Å²) in [5.41, 5.74) is 8.04. The largest absolute Gasteiger partial charge is 0.396 e. The van der Waals surface area contributed by atoms with E-state index in [-0.39, 0.29) is 24.6 Å². The number of hydrogen-bond acceptors (Lipinski definition) is 5. The van der Waals surface area contributed by atoms with Crippen LogP contribution >= 0.6 is 0 Å². The van der Waals surface area contributed by atoms with Gasteiger partial charge in [-0.1, -0.05) is 17.9 Å². The second kappa shape index (κ2) is 8.99. The molecule has 2 aromatic heterocycles. The van der Waals surface area contributed by atoms with Crippen molar-refractivity contribution in [3.05, 3.63) is 53.9 Å². The highest BCUT2D eigenvalue weighted by atomic mass is 16.3. The number of aliphatic hydroxyl groups is 1. The summed E-state index contributed by atoms with van der Waals surface area (Å²) < 4.78 is 1.60. The molecule has 0 saturated heterocycles. The Balaban J connectivity index is 1.84. The summed E-state index contributed by atoms with van der Waals surface area (Å²) in [5, 5.41) is 13.1. The van der Waals surface area contributed by atoms with Gasteiger partial charge in [-0.05, 0) is 36.8 Å². The Morgan fingerprint density at radius 1 is 1.28 bits per heavy atom. The summed E-state index contributed by atoms with van der Waals surface area (Å²) in [4.78, 5) is 29.5. The van der Waals surface area contributed by atoms with E-state index in [1.165, 1.54) is 0 Å². The fourth-order valence-electron chi connectivity index (χ4n) is 2.82. The van der Waals surface area contributed by atoms with E-state index in [2.05, 4.69) is 21.9 Å². The minimum atomic E-state index is -0.646. The van der Waals surface area contributed by atoms with Crippen molar-refractivity contribution in [2.24, 2.45) is 5.73 Å². The van der Waals surface area contributed by atoms with Gasteiger partial charge in [-0.2, -0.15) is 5.10 Å². The lowest BCUT2D eigenvalue weighted by Crippen LogP contribution is -2.27. The summed E-state index contributed by atoms with van der Waals surface area (Å²) in [6, 6.07) is 10.9. The smallest absolute Gasteiger partial charge is 0.271 e. The molecule has 0 aliphatic rings. The fraction of sp³-hybridized carbons (Fsp3) is 0.238. The van der Waals surface area contributed by atoms with Crippen molar-refractivity contribution in [1.29, 1.82) is 0 Å². The monoisotopic (exact) mass is 391 g/mol. The lowest BCUT2D eigenvalue weighted by atomic mass is 10.2. The number of rotatable bonds is 6. The molecule has 2 heterocycles. The van der Waals surface area contributed by atoms with E-state index < -0.39 is 5.91 Å². The molecule has 148 valence electrons. The van der Waals surface area contributed by atoms with Crippen LogP contribution in [-0.2, 0) is 4.79 Å². The Kier molecular flexibility index (Phi) is 6.22. The van der Waals surface area contributed by atoms with E-state index in [1.807, 2.05) is 24.3 Å². The van der Waals surface area contributed by atoms with Crippen LogP contribution in [0.25, 0.3) is 16.7 Å². The van der Waals surface area contributed by atoms with E-state index in [4.69, 9.17) is 10.8 Å². The minimum absolute atomic E-state index is 0.0468. The van der Waals surface area contributed by atoms with Gasteiger partial charge in [-0.15, -0.1) is 0 Å². The topological polar surface area (TPSA) is 114 Å². The van der Waals surface area contributed by atoms with Crippen LogP contribution in [0.5, 0.6) is 0 Å². The second-order valence-corrected chi connectivity index (χ2v) is 6.42. The summed E-state index contributed by atoms with van der Waals surface area (Å²) in [7, 11) is 1.69. The SMILES string of the molecule is CN(CCCO)C(=O)CC#Cc1cccc(-n2nc(C(N)=O)c3ncccc32)c1. The highest BCUT2D eigenvalue weighted by Gasteiger charge is 2.16. The number of aromatic nitrogens is 3. The lowest BCUT2D eigenvalue weighted by Gasteiger charge is -2.14. The first-order chi connectivity index (χ1) is 14.0. The first kappa shape index (κ1) is 20.0. The highest BCUT2D eigenvalue weighted by Crippen LogP contribution is 2.20. The maximum absolute atomic E-state index is 12.0. The van der Waals surface area contributed by atoms with E-state index in [0.717, 1.165) is 0 Å². The second-order valence-electron chi connectivity index (χ2n) is 6.42. The van der Waals surface area contributed by atoms with E-state index in [9.17, 15) is 9.59 Å². The summed E-state index contributed by atoms with van der Waals surface area (Å²) in [6.45, 7) is 0.542. The molecule has 8 nitrogen and oxygen atoms in total. The third-order valence-electron chi connectivity index (χ3n) is 4.31. The molecule has 0 saturated carbocycles. The Morgan fingerprint density at radius 2 is 2.10 bits per heavy atom. The lowest BCUT2D eigenvalue weighted by molar-refractivity contribution is -0.128. The Labute approximate surface area is 167 Å². The number of carbonyl (C=O) groups is 2. The quantitative estimate of drug-likeness (QED) is 0.611. The highest BCUT2D eigenvalue weighted by molar-refractivity contribution is 6.02. The molecule has 29 heavy (non-hydrogen) atoms. The number of benzene rings is 1. The van der Waals surface area contributed by atoms with Gasteiger partial charge in [0.15, 0.2) is 5.69 Å². The van der Waals surface area contributed by atoms with E-state index in [1.54, 1.807) is 35.0 Å². The van der Waals surface area contributed by atoms with Crippen molar-refractivity contribution in [3.8, 4) is 17.5 Å². The van der Waals surface area contributed by atoms with Crippen LogP contribution in [-0.4, -0.2) is 56.8 Å². The molecule has 0 unspecified atom stereocenters. The average molecular weight is 391 g/mol. The molecular formula is C21H21N5O3. The van der Waals surface area contributed by atoms with Gasteiger partial charge in [-0.3, -0.25) is 14.6 Å². The van der Waals surface area contributed by atoms with Gasteiger partial charge in [0.2, 0.25) is 5.91 Å². The molecule has 3 aromatic rings. The number of nitrogens with two attached hydrogens (primary N) is 1. The minimum Gasteiger partial charge on any atom is -0.396 e. The zero-order chi connectivity index (χ0) is 20.8. The molecule has 2 amide bonds. The van der Waals surface area contributed by atoms with Gasteiger partial charge >= 0.3 is 0 Å². The molecule has 8 heteroatoms. The normalized spacial score (nSPS) is 10.4. The molecule has 0 fully saturated rings. The van der Waals surface area contributed by atoms with Gasteiger partial charge in [0.25, 0.3) is 5.91 Å². The molecule has 0 aliphatic carbocycles. The number of nitrogens with zero attached hydrogens (tertiary/aromatic N) is 4. The number of aliphatic hydroxyl groups excluding tert-OH is 1. The standard InChI is InChI=1S/C21H21N5O3/c1-25(12-5-13-27)18(28)10-3-7-15-6-2-8-16(14-15)26-17-9-4-11-23-19(17)20(24-26)21(22)29/h2,4,6,8-9,11,14,27H,5,10,12-13H2,1H3,(H2,22,29). The maximum Gasteiger partial charge on any atom is 0.271 e. The summed E-state index contributed by atoms with van der Waals surface area (Å²) in [5.74, 6) is 5.11. The first-order valence-corrected chi connectivity index (χ1v) is 9.09. The van der Waals surface area contributed by atoms with Crippen LogP contribution in [0.4, 0.5) is 0 Å². The third-order valence-corrected chi connectivity index (χ3v) is 4.31. The zero-order valence-corrected chi connectivity index (χ0v) is 16.0. The van der Waals surface area contributed by atoms with Gasteiger partial charge < -0.3 is 15.7 Å². The molecule has 3 N–H and O–H groups in total. The van der Waals surface area contributed by atoms with Crippen LogP contribution in [0.3, 0.4) is 0 Å². The average Bonchev–Trinajstić information content (AvgIpc) is 3.12. The molecule has 1 aromatic carbocycles. The van der Waals surface area contributed by atoms with E-state index >= 15 is 0 Å². The number of carbonyl (C=O) groups excluding carboxylic acids is 2. The predicted molar refractivity (Wildman–Crippen MR) is 108 cm³/mol. The molecule has 0 aliphatic heterocycles. The fourth-order valence-corrected chi connectivity index (χ4v) is 2.82. The van der Waals surface area contributed by atoms with Crippen molar-refractivity contribution in [3.63, 3.8) is 0 Å². The molecular weight excluding hydrogens is 370 g/mol. The number of primary amides is 1. The van der Waals surface area contributed by atoms with Crippen LogP contribution in [0.1, 0.15) is 28.9 Å². The number of fused-ring (bicyclic) bond motifs is 1.